The Labute approximate surface area is 423 Å². The minimum absolute atomic E-state index is 0.0149. The van der Waals surface area contributed by atoms with Crippen molar-refractivity contribution in [2.45, 2.75) is 136 Å². The first-order valence-electron chi connectivity index (χ1n) is 27.1. The molecule has 8 aliphatic rings. The minimum Gasteiger partial charge on any atom is -0.484 e. The molecule has 2 aromatic heterocycles. The van der Waals surface area contributed by atoms with Gasteiger partial charge in [-0.25, -0.2) is 17.6 Å². The van der Waals surface area contributed by atoms with Crippen LogP contribution in [0, 0.1) is 57.3 Å². The fraction of sp³-hybridized carbons (Fsp3) is 0.636. The Balaban J connectivity index is 0.655. The molecule has 0 radical (unpaired) electrons. The molecule has 73 heavy (non-hydrogen) atoms. The zero-order valence-electron chi connectivity index (χ0n) is 42.3. The van der Waals surface area contributed by atoms with Crippen molar-refractivity contribution < 1.29 is 45.5 Å². The average Bonchev–Trinajstić information content (AvgIpc) is 3.74. The lowest BCUT2D eigenvalue weighted by atomic mass is 9.72. The van der Waals surface area contributed by atoms with E-state index in [4.69, 9.17) is 18.3 Å². The van der Waals surface area contributed by atoms with Crippen molar-refractivity contribution in [2.24, 2.45) is 34.0 Å². The molecule has 4 aliphatic heterocycles. The number of anilines is 4. The molecule has 2 amide bonds. The van der Waals surface area contributed by atoms with E-state index in [-0.39, 0.29) is 51.2 Å². The summed E-state index contributed by atoms with van der Waals surface area (Å²) in [6, 6.07) is 5.13. The van der Waals surface area contributed by atoms with Crippen LogP contribution in [-0.4, -0.2) is 96.1 Å². The first-order valence-corrected chi connectivity index (χ1v) is 27.1. The molecule has 18 heteroatoms. The summed E-state index contributed by atoms with van der Waals surface area (Å²) in [6.07, 6.45) is 12.8. The van der Waals surface area contributed by atoms with Crippen LogP contribution in [0.25, 0.3) is 0 Å². The molecule has 0 bridgehead atoms. The topological polar surface area (TPSA) is 142 Å². The van der Waals surface area contributed by atoms with Gasteiger partial charge in [0.1, 0.15) is 0 Å². The summed E-state index contributed by atoms with van der Waals surface area (Å²) >= 11 is 0. The average molecular weight is 1010 g/mol. The molecule has 4 aliphatic carbocycles. The molecule has 2 N–H and O–H groups in total. The summed E-state index contributed by atoms with van der Waals surface area (Å²) in [6.45, 7) is 13.9. The molecule has 2 aromatic carbocycles. The first kappa shape index (κ1) is 48.6. The number of hydrogen-bond acceptors (Lipinski definition) is 12. The highest BCUT2D eigenvalue weighted by molar-refractivity contribution is 6.04. The highest BCUT2D eigenvalue weighted by Crippen LogP contribution is 2.67. The van der Waals surface area contributed by atoms with E-state index in [0.717, 1.165) is 134 Å². The van der Waals surface area contributed by atoms with Gasteiger partial charge in [0, 0.05) is 72.6 Å². The van der Waals surface area contributed by atoms with E-state index in [0.29, 0.717) is 80.3 Å². The van der Waals surface area contributed by atoms with Crippen molar-refractivity contribution in [1.82, 2.24) is 19.8 Å². The number of benzene rings is 2. The highest BCUT2D eigenvalue weighted by atomic mass is 19.1. The standard InChI is InChI=1S/C55H68F4N8O6/c1-4-53(5-2)28-66(29-53)51-62-45(43(72-51)26-64-12-7-8-13-64)49(68)61-36-22-41(58)48(42(59)23-36)71-38-19-34-24-55(34,25-38)11-10-54(6-3)30-67(31-54)52-63-46(44(73-52)27-65-14-9-15-65)50(69)60-35-20-39(56)47(40(57)21-35)70-37-17-32-16-33(32)18-37/h20-23,32-34,37-38H,4-19,24-31H2,1-3H3,(H,60,69)(H,61,68). The predicted molar refractivity (Wildman–Crippen MR) is 265 cm³/mol. The zero-order valence-corrected chi connectivity index (χ0v) is 42.3. The van der Waals surface area contributed by atoms with Gasteiger partial charge >= 0.3 is 0 Å². The molecular formula is C55H68F4N8O6. The van der Waals surface area contributed by atoms with E-state index in [9.17, 15) is 9.59 Å². The number of nitrogens with one attached hydrogen (secondary N) is 2. The van der Waals surface area contributed by atoms with Gasteiger partial charge in [0.2, 0.25) is 0 Å². The molecule has 5 unspecified atom stereocenters. The van der Waals surface area contributed by atoms with Crippen LogP contribution >= 0.6 is 0 Å². The molecule has 14 nitrogen and oxygen atoms in total. The number of likely N-dealkylation sites (tertiary alicyclic amines) is 2. The Hall–Kier alpha value is -5.36. The predicted octanol–water partition coefficient (Wildman–Crippen LogP) is 10.6. The number of aromatic nitrogens is 2. The van der Waals surface area contributed by atoms with Gasteiger partial charge in [-0.15, -0.1) is 0 Å². The normalized spacial score (nSPS) is 27.5. The quantitative estimate of drug-likeness (QED) is 0.0814. The van der Waals surface area contributed by atoms with Gasteiger partial charge in [0.15, 0.2) is 57.7 Å². The van der Waals surface area contributed by atoms with Crippen molar-refractivity contribution in [2.75, 3.05) is 72.8 Å². The fourth-order valence-electron chi connectivity index (χ4n) is 13.3. The van der Waals surface area contributed by atoms with Crippen LogP contribution in [-0.2, 0) is 13.1 Å². The number of oxazole rings is 2. The molecule has 5 atom stereocenters. The maximum atomic E-state index is 15.8. The Morgan fingerprint density at radius 3 is 1.55 bits per heavy atom. The van der Waals surface area contributed by atoms with Gasteiger partial charge in [0.25, 0.3) is 23.8 Å². The minimum atomic E-state index is -0.879. The third kappa shape index (κ3) is 9.45. The molecule has 4 saturated carbocycles. The molecule has 392 valence electrons. The van der Waals surface area contributed by atoms with Crippen LogP contribution in [0.1, 0.15) is 143 Å². The van der Waals surface area contributed by atoms with Gasteiger partial charge in [-0.3, -0.25) is 19.4 Å². The number of fused-ring (bicyclic) bond motifs is 2. The van der Waals surface area contributed by atoms with Gasteiger partial charge in [0.05, 0.1) is 25.3 Å². The van der Waals surface area contributed by atoms with Crippen LogP contribution in [0.4, 0.5) is 41.0 Å². The zero-order chi connectivity index (χ0) is 50.4. The number of hydrogen-bond donors (Lipinski definition) is 2. The monoisotopic (exact) mass is 1010 g/mol. The van der Waals surface area contributed by atoms with E-state index in [1.54, 1.807) is 0 Å². The lowest BCUT2D eigenvalue weighted by Gasteiger charge is -2.50. The second-order valence-electron chi connectivity index (χ2n) is 23.3. The van der Waals surface area contributed by atoms with Gasteiger partial charge in [-0.2, -0.15) is 9.97 Å². The van der Waals surface area contributed by atoms with E-state index in [1.165, 1.54) is 6.42 Å². The van der Waals surface area contributed by atoms with Crippen LogP contribution in [0.3, 0.4) is 0 Å². The van der Waals surface area contributed by atoms with Crippen molar-refractivity contribution in [1.29, 1.82) is 0 Å². The molecule has 4 saturated heterocycles. The number of rotatable bonds is 20. The van der Waals surface area contributed by atoms with E-state index in [1.807, 2.05) is 4.90 Å². The second-order valence-corrected chi connectivity index (χ2v) is 23.3. The van der Waals surface area contributed by atoms with Crippen molar-refractivity contribution >= 4 is 35.2 Å². The summed E-state index contributed by atoms with van der Waals surface area (Å²) in [5.41, 5.74) is 0.386. The third-order valence-corrected chi connectivity index (χ3v) is 18.6. The summed E-state index contributed by atoms with van der Waals surface area (Å²) < 4.78 is 86.3. The number of carbonyl (C=O) groups excluding carboxylic acids is 2. The molecule has 12 rings (SSSR count). The lowest BCUT2D eigenvalue weighted by Crippen LogP contribution is -2.56. The van der Waals surface area contributed by atoms with Gasteiger partial charge in [-0.05, 0) is 139 Å². The number of ether oxygens (including phenoxy) is 2. The smallest absolute Gasteiger partial charge is 0.298 e. The largest absolute Gasteiger partial charge is 0.484 e. The lowest BCUT2D eigenvalue weighted by molar-refractivity contribution is 0.100. The third-order valence-electron chi connectivity index (χ3n) is 18.6. The first-order chi connectivity index (χ1) is 35.2. The van der Waals surface area contributed by atoms with Crippen LogP contribution < -0.4 is 29.9 Å². The SMILES string of the molecule is CCC1(CC)CN(c2nc(C(=O)Nc3cc(F)c(OC4CC5CC5(CCC5(CC)CN(c6nc(C(=O)Nc7cc(F)c(OC8CC9CC9C8)c(F)c7)c(CN7CCC7)o6)C5)C4)c(F)c3)c(CN3CCCC3)o2)C1. The van der Waals surface area contributed by atoms with Crippen LogP contribution in [0.15, 0.2) is 33.1 Å². The Morgan fingerprint density at radius 2 is 1.08 bits per heavy atom. The van der Waals surface area contributed by atoms with E-state index >= 15 is 17.6 Å². The van der Waals surface area contributed by atoms with Crippen molar-refractivity contribution in [3.05, 3.63) is 70.4 Å². The van der Waals surface area contributed by atoms with Crippen LogP contribution in [0.5, 0.6) is 11.5 Å². The van der Waals surface area contributed by atoms with E-state index < -0.39 is 46.6 Å². The number of carbonyl (C=O) groups is 2. The van der Waals surface area contributed by atoms with E-state index in [2.05, 4.69) is 56.1 Å². The maximum absolute atomic E-state index is 15.8. The molecular weight excluding hydrogens is 945 g/mol. The van der Waals surface area contributed by atoms with Gasteiger partial charge < -0.3 is 38.7 Å². The number of nitrogens with zero attached hydrogens (tertiary/aromatic N) is 6. The summed E-state index contributed by atoms with van der Waals surface area (Å²) in [5.74, 6) is -3.04. The maximum Gasteiger partial charge on any atom is 0.298 e. The summed E-state index contributed by atoms with van der Waals surface area (Å²) in [5, 5.41) is 5.34. The summed E-state index contributed by atoms with van der Waals surface area (Å²) in [4.78, 5) is 45.3. The number of amides is 2. The molecule has 4 aromatic rings. The van der Waals surface area contributed by atoms with Crippen molar-refractivity contribution in [3.63, 3.8) is 0 Å². The molecule has 8 fully saturated rings. The Morgan fingerprint density at radius 1 is 0.616 bits per heavy atom. The second kappa shape index (κ2) is 18.8. The summed E-state index contributed by atoms with van der Waals surface area (Å²) in [7, 11) is 0. The van der Waals surface area contributed by atoms with Crippen molar-refractivity contribution in [3.8, 4) is 11.5 Å². The Kier molecular flexibility index (Phi) is 12.5. The molecule has 6 heterocycles. The Bertz CT molecular complexity index is 2700. The fourth-order valence-corrected chi connectivity index (χ4v) is 13.3. The van der Waals surface area contributed by atoms with Crippen LogP contribution in [0.2, 0.25) is 0 Å². The number of halogens is 4. The van der Waals surface area contributed by atoms with Gasteiger partial charge in [-0.1, -0.05) is 20.8 Å². The highest BCUT2D eigenvalue weighted by Gasteiger charge is 2.61. The molecule has 0 spiro atoms.